The summed E-state index contributed by atoms with van der Waals surface area (Å²) in [5.41, 5.74) is 4.91. The van der Waals surface area contributed by atoms with Gasteiger partial charge in [-0.15, -0.1) is 0 Å². The number of hydrogen-bond acceptors (Lipinski definition) is 5. The molecule has 0 aliphatic heterocycles. The fraction of sp³-hybridized carbons (Fsp3) is 0.278. The number of nitrogens with one attached hydrogen (secondary N) is 1. The quantitative estimate of drug-likeness (QED) is 0.740. The number of amides is 1. The number of carbonyl (C=O) groups excluding carboxylic acids is 1. The molecule has 0 saturated heterocycles. The first-order valence-electron chi connectivity index (χ1n) is 7.92. The van der Waals surface area contributed by atoms with Crippen LogP contribution < -0.4 is 10.2 Å². The SMILES string of the molecule is Cc1nn(C)c(C)c1C=CC(=O)Nc1ccc2oc(N(C)C)nc2c1. The van der Waals surface area contributed by atoms with Crippen molar-refractivity contribution in [3.63, 3.8) is 0 Å². The molecular formula is C18H21N5O2. The number of rotatable bonds is 4. The van der Waals surface area contributed by atoms with Crippen LogP contribution in [-0.2, 0) is 11.8 Å². The Balaban J connectivity index is 1.76. The van der Waals surface area contributed by atoms with Crippen molar-refractivity contribution in [2.75, 3.05) is 24.3 Å². The third kappa shape index (κ3) is 3.40. The Bertz CT molecular complexity index is 965. The van der Waals surface area contributed by atoms with Crippen molar-refractivity contribution in [1.29, 1.82) is 0 Å². The molecule has 0 unspecified atom stereocenters. The van der Waals surface area contributed by atoms with E-state index in [1.54, 1.807) is 33.9 Å². The van der Waals surface area contributed by atoms with Crippen molar-refractivity contribution >= 4 is 34.8 Å². The highest BCUT2D eigenvalue weighted by molar-refractivity contribution is 6.02. The smallest absolute Gasteiger partial charge is 0.297 e. The Labute approximate surface area is 145 Å². The number of aromatic nitrogens is 3. The molecule has 0 radical (unpaired) electrons. The summed E-state index contributed by atoms with van der Waals surface area (Å²) in [5.74, 6) is -0.210. The normalized spacial score (nSPS) is 11.4. The van der Waals surface area contributed by atoms with E-state index in [4.69, 9.17) is 4.42 Å². The van der Waals surface area contributed by atoms with Crippen LogP contribution in [0.2, 0.25) is 0 Å². The standard InChI is InChI=1S/C18H21N5O2/c1-11-14(12(2)23(5)21-11)7-9-17(24)19-13-6-8-16-15(10-13)20-18(25-16)22(3)4/h6-10H,1-5H3,(H,19,24). The van der Waals surface area contributed by atoms with Gasteiger partial charge in [0.15, 0.2) is 5.58 Å². The average Bonchev–Trinajstić information content (AvgIpc) is 3.07. The molecular weight excluding hydrogens is 318 g/mol. The number of benzene rings is 1. The van der Waals surface area contributed by atoms with E-state index in [1.807, 2.05) is 35.0 Å². The zero-order valence-electron chi connectivity index (χ0n) is 15.0. The Morgan fingerprint density at radius 1 is 1.32 bits per heavy atom. The topological polar surface area (TPSA) is 76.2 Å². The molecule has 2 aromatic heterocycles. The second kappa shape index (κ2) is 6.43. The molecule has 130 valence electrons. The molecule has 3 aromatic rings. The van der Waals surface area contributed by atoms with Crippen LogP contribution >= 0.6 is 0 Å². The van der Waals surface area contributed by atoms with E-state index < -0.39 is 0 Å². The van der Waals surface area contributed by atoms with Crippen LogP contribution in [0, 0.1) is 13.8 Å². The molecule has 1 N–H and O–H groups in total. The molecule has 0 aliphatic carbocycles. The summed E-state index contributed by atoms with van der Waals surface area (Å²) in [6.07, 6.45) is 3.29. The Hall–Kier alpha value is -3.09. The summed E-state index contributed by atoms with van der Waals surface area (Å²) >= 11 is 0. The van der Waals surface area contributed by atoms with E-state index in [0.717, 1.165) is 17.0 Å². The third-order valence-electron chi connectivity index (χ3n) is 3.99. The summed E-state index contributed by atoms with van der Waals surface area (Å²) < 4.78 is 7.40. The van der Waals surface area contributed by atoms with E-state index in [2.05, 4.69) is 15.4 Å². The van der Waals surface area contributed by atoms with Crippen LogP contribution in [-0.4, -0.2) is 34.8 Å². The van der Waals surface area contributed by atoms with E-state index in [-0.39, 0.29) is 5.91 Å². The molecule has 1 amide bonds. The first-order valence-corrected chi connectivity index (χ1v) is 7.92. The highest BCUT2D eigenvalue weighted by atomic mass is 16.4. The lowest BCUT2D eigenvalue weighted by Crippen LogP contribution is -2.08. The molecule has 0 spiro atoms. The number of hydrogen-bond donors (Lipinski definition) is 1. The Morgan fingerprint density at radius 2 is 2.08 bits per heavy atom. The van der Waals surface area contributed by atoms with Crippen molar-refractivity contribution in [3.8, 4) is 0 Å². The number of fused-ring (bicyclic) bond motifs is 1. The lowest BCUT2D eigenvalue weighted by Gasteiger charge is -2.03. The van der Waals surface area contributed by atoms with Crippen LogP contribution in [0.1, 0.15) is 17.0 Å². The third-order valence-corrected chi connectivity index (χ3v) is 3.99. The van der Waals surface area contributed by atoms with Gasteiger partial charge in [0.2, 0.25) is 5.91 Å². The van der Waals surface area contributed by atoms with E-state index in [1.165, 1.54) is 6.08 Å². The predicted molar refractivity (Wildman–Crippen MR) is 98.7 cm³/mol. The lowest BCUT2D eigenvalue weighted by molar-refractivity contribution is -0.111. The lowest BCUT2D eigenvalue weighted by atomic mass is 10.2. The van der Waals surface area contributed by atoms with Crippen molar-refractivity contribution < 1.29 is 9.21 Å². The van der Waals surface area contributed by atoms with Gasteiger partial charge in [0.1, 0.15) is 5.52 Å². The van der Waals surface area contributed by atoms with Gasteiger partial charge < -0.3 is 14.6 Å². The molecule has 7 heteroatoms. The highest BCUT2D eigenvalue weighted by Gasteiger charge is 2.09. The molecule has 3 rings (SSSR count). The predicted octanol–water partition coefficient (Wildman–Crippen LogP) is 2.90. The summed E-state index contributed by atoms with van der Waals surface area (Å²) in [5, 5.41) is 7.17. The maximum atomic E-state index is 12.2. The minimum atomic E-state index is -0.210. The summed E-state index contributed by atoms with van der Waals surface area (Å²) in [6.45, 7) is 3.89. The Kier molecular flexibility index (Phi) is 4.31. The van der Waals surface area contributed by atoms with E-state index in [0.29, 0.717) is 22.8 Å². The highest BCUT2D eigenvalue weighted by Crippen LogP contribution is 2.23. The van der Waals surface area contributed by atoms with Crippen molar-refractivity contribution in [3.05, 3.63) is 41.2 Å². The summed E-state index contributed by atoms with van der Waals surface area (Å²) in [7, 11) is 5.61. The van der Waals surface area contributed by atoms with Gasteiger partial charge in [0.05, 0.1) is 5.69 Å². The van der Waals surface area contributed by atoms with Gasteiger partial charge in [-0.2, -0.15) is 10.1 Å². The molecule has 0 bridgehead atoms. The molecule has 2 heterocycles. The largest absolute Gasteiger partial charge is 0.423 e. The number of oxazole rings is 1. The number of anilines is 2. The zero-order chi connectivity index (χ0) is 18.1. The monoisotopic (exact) mass is 339 g/mol. The van der Waals surface area contributed by atoms with E-state index >= 15 is 0 Å². The second-order valence-corrected chi connectivity index (χ2v) is 6.10. The maximum Gasteiger partial charge on any atom is 0.297 e. The molecule has 0 fully saturated rings. The summed E-state index contributed by atoms with van der Waals surface area (Å²) in [4.78, 5) is 18.4. The fourth-order valence-electron chi connectivity index (χ4n) is 2.56. The van der Waals surface area contributed by atoms with E-state index in [9.17, 15) is 4.79 Å². The van der Waals surface area contributed by atoms with Crippen LogP contribution in [0.3, 0.4) is 0 Å². The molecule has 1 aromatic carbocycles. The first kappa shape index (κ1) is 16.8. The maximum absolute atomic E-state index is 12.2. The van der Waals surface area contributed by atoms with Crippen LogP contribution in [0.5, 0.6) is 0 Å². The minimum Gasteiger partial charge on any atom is -0.423 e. The zero-order valence-corrected chi connectivity index (χ0v) is 15.0. The first-order chi connectivity index (χ1) is 11.8. The van der Waals surface area contributed by atoms with Crippen molar-refractivity contribution in [2.45, 2.75) is 13.8 Å². The van der Waals surface area contributed by atoms with Crippen molar-refractivity contribution in [2.24, 2.45) is 7.05 Å². The molecule has 7 nitrogen and oxygen atoms in total. The van der Waals surface area contributed by atoms with Gasteiger partial charge in [-0.05, 0) is 38.1 Å². The van der Waals surface area contributed by atoms with Crippen LogP contribution in [0.15, 0.2) is 28.7 Å². The molecule has 25 heavy (non-hydrogen) atoms. The number of aryl methyl sites for hydroxylation is 2. The molecule has 0 atom stereocenters. The van der Waals surface area contributed by atoms with Gasteiger partial charge in [-0.3, -0.25) is 9.48 Å². The number of nitrogens with zero attached hydrogens (tertiary/aromatic N) is 4. The fourth-order valence-corrected chi connectivity index (χ4v) is 2.56. The second-order valence-electron chi connectivity index (χ2n) is 6.10. The van der Waals surface area contributed by atoms with Gasteiger partial charge in [-0.1, -0.05) is 0 Å². The van der Waals surface area contributed by atoms with Gasteiger partial charge in [-0.25, -0.2) is 0 Å². The minimum absolute atomic E-state index is 0.210. The van der Waals surface area contributed by atoms with Gasteiger partial charge in [0.25, 0.3) is 6.01 Å². The number of carbonyl (C=O) groups is 1. The van der Waals surface area contributed by atoms with Crippen LogP contribution in [0.4, 0.5) is 11.7 Å². The van der Waals surface area contributed by atoms with Gasteiger partial charge >= 0.3 is 0 Å². The average molecular weight is 339 g/mol. The summed E-state index contributed by atoms with van der Waals surface area (Å²) in [6, 6.07) is 5.91. The van der Waals surface area contributed by atoms with Gasteiger partial charge in [0, 0.05) is 44.2 Å². The van der Waals surface area contributed by atoms with Crippen molar-refractivity contribution in [1.82, 2.24) is 14.8 Å². The molecule has 0 saturated carbocycles. The Morgan fingerprint density at radius 3 is 2.72 bits per heavy atom. The van der Waals surface area contributed by atoms with Crippen LogP contribution in [0.25, 0.3) is 17.2 Å². The molecule has 0 aliphatic rings.